The molecule has 0 unspecified atom stereocenters. The zero-order chi connectivity index (χ0) is 9.15. The van der Waals surface area contributed by atoms with Gasteiger partial charge in [-0.15, -0.1) is 0 Å². The second kappa shape index (κ2) is 3.69. The van der Waals surface area contributed by atoms with Gasteiger partial charge in [0.25, 0.3) is 0 Å². The summed E-state index contributed by atoms with van der Waals surface area (Å²) < 4.78 is 0. The summed E-state index contributed by atoms with van der Waals surface area (Å²) in [5.74, 6) is 0.748. The van der Waals surface area contributed by atoms with Crippen molar-refractivity contribution in [2.45, 2.75) is 45.4 Å². The molecule has 0 aromatic heterocycles. The van der Waals surface area contributed by atoms with Crippen molar-refractivity contribution in [3.63, 3.8) is 0 Å². The van der Waals surface area contributed by atoms with Crippen LogP contribution in [0.15, 0.2) is 24.3 Å². The standard InChI is InChI=1S/C13H20/c1-2-13(10-6-3-7-11-13)12-8-4-5-9-12/h4-5,8-9,12H,2-3,6-7,10-11H2,1H3. The first-order valence-corrected chi connectivity index (χ1v) is 5.72. The van der Waals surface area contributed by atoms with Crippen LogP contribution in [0.3, 0.4) is 0 Å². The predicted octanol–water partition coefficient (Wildman–Crippen LogP) is 4.09. The molecule has 0 amide bonds. The third kappa shape index (κ3) is 1.59. The van der Waals surface area contributed by atoms with Crippen molar-refractivity contribution in [2.24, 2.45) is 11.3 Å². The van der Waals surface area contributed by atoms with Gasteiger partial charge in [-0.1, -0.05) is 50.5 Å². The summed E-state index contributed by atoms with van der Waals surface area (Å²) >= 11 is 0. The van der Waals surface area contributed by atoms with Crippen molar-refractivity contribution in [2.75, 3.05) is 0 Å². The molecule has 13 heavy (non-hydrogen) atoms. The van der Waals surface area contributed by atoms with E-state index in [9.17, 15) is 0 Å². The van der Waals surface area contributed by atoms with Crippen LogP contribution in [0.25, 0.3) is 0 Å². The van der Waals surface area contributed by atoms with Gasteiger partial charge in [-0.25, -0.2) is 0 Å². The van der Waals surface area contributed by atoms with Crippen LogP contribution < -0.4 is 0 Å². The van der Waals surface area contributed by atoms with Gasteiger partial charge in [0, 0.05) is 5.92 Å². The second-order valence-corrected chi connectivity index (χ2v) is 4.57. The van der Waals surface area contributed by atoms with Crippen molar-refractivity contribution < 1.29 is 0 Å². The lowest BCUT2D eigenvalue weighted by atomic mass is 9.65. The Hall–Kier alpha value is -0.520. The number of hydrogen-bond donors (Lipinski definition) is 0. The number of allylic oxidation sites excluding steroid dienone is 4. The molecule has 0 atom stereocenters. The minimum atomic E-state index is 0.627. The van der Waals surface area contributed by atoms with E-state index in [1.165, 1.54) is 38.5 Å². The molecule has 72 valence electrons. The molecule has 0 heterocycles. The Morgan fingerprint density at radius 1 is 1.08 bits per heavy atom. The minimum absolute atomic E-state index is 0.627. The van der Waals surface area contributed by atoms with Crippen molar-refractivity contribution in [3.05, 3.63) is 24.3 Å². The van der Waals surface area contributed by atoms with E-state index >= 15 is 0 Å². The molecule has 0 radical (unpaired) electrons. The normalized spacial score (nSPS) is 26.8. The van der Waals surface area contributed by atoms with Crippen molar-refractivity contribution in [1.82, 2.24) is 0 Å². The fourth-order valence-electron chi connectivity index (χ4n) is 3.02. The van der Waals surface area contributed by atoms with Crippen LogP contribution in [0, 0.1) is 11.3 Å². The van der Waals surface area contributed by atoms with Crippen LogP contribution in [-0.4, -0.2) is 0 Å². The smallest absolute Gasteiger partial charge is 0.000917 e. The summed E-state index contributed by atoms with van der Waals surface area (Å²) in [6, 6.07) is 0. The highest BCUT2D eigenvalue weighted by Gasteiger charge is 2.35. The van der Waals surface area contributed by atoms with Gasteiger partial charge in [-0.2, -0.15) is 0 Å². The lowest BCUT2D eigenvalue weighted by Gasteiger charge is -2.40. The maximum absolute atomic E-state index is 2.40. The highest BCUT2D eigenvalue weighted by Crippen LogP contribution is 2.47. The molecule has 1 fully saturated rings. The Labute approximate surface area is 81.7 Å². The SMILES string of the molecule is CCC1(C2C=CC=C2)CCCCC1. The lowest BCUT2D eigenvalue weighted by Crippen LogP contribution is -2.29. The van der Waals surface area contributed by atoms with Gasteiger partial charge >= 0.3 is 0 Å². The highest BCUT2D eigenvalue weighted by molar-refractivity contribution is 5.21. The first kappa shape index (κ1) is 9.05. The summed E-state index contributed by atoms with van der Waals surface area (Å²) in [5, 5.41) is 0. The second-order valence-electron chi connectivity index (χ2n) is 4.57. The Kier molecular flexibility index (Phi) is 2.57. The molecule has 0 aromatic carbocycles. The summed E-state index contributed by atoms with van der Waals surface area (Å²) in [6.07, 6.45) is 17.8. The fraction of sp³-hybridized carbons (Fsp3) is 0.692. The maximum atomic E-state index is 2.40. The first-order valence-electron chi connectivity index (χ1n) is 5.72. The van der Waals surface area contributed by atoms with E-state index in [0.29, 0.717) is 5.41 Å². The lowest BCUT2D eigenvalue weighted by molar-refractivity contribution is 0.144. The Morgan fingerprint density at radius 2 is 1.69 bits per heavy atom. The van der Waals surface area contributed by atoms with Crippen LogP contribution in [-0.2, 0) is 0 Å². The molecule has 0 aromatic rings. The van der Waals surface area contributed by atoms with E-state index in [2.05, 4.69) is 31.2 Å². The number of rotatable bonds is 2. The summed E-state index contributed by atoms with van der Waals surface area (Å²) in [6.45, 7) is 2.37. The Morgan fingerprint density at radius 3 is 2.23 bits per heavy atom. The summed E-state index contributed by atoms with van der Waals surface area (Å²) in [4.78, 5) is 0. The molecule has 2 aliphatic carbocycles. The molecule has 0 spiro atoms. The molecule has 0 aliphatic heterocycles. The molecule has 0 nitrogen and oxygen atoms in total. The Balaban J connectivity index is 2.12. The molecule has 0 heteroatoms. The average molecular weight is 176 g/mol. The Bertz CT molecular complexity index is 204. The zero-order valence-corrected chi connectivity index (χ0v) is 8.63. The zero-order valence-electron chi connectivity index (χ0n) is 8.63. The monoisotopic (exact) mass is 176 g/mol. The van der Waals surface area contributed by atoms with Crippen molar-refractivity contribution in [1.29, 1.82) is 0 Å². The largest absolute Gasteiger partial charge is 0.0771 e. The molecular weight excluding hydrogens is 156 g/mol. The van der Waals surface area contributed by atoms with E-state index in [1.807, 2.05) is 0 Å². The van der Waals surface area contributed by atoms with Gasteiger partial charge in [0.2, 0.25) is 0 Å². The first-order chi connectivity index (χ1) is 6.37. The molecular formula is C13H20. The van der Waals surface area contributed by atoms with E-state index < -0.39 is 0 Å². The van der Waals surface area contributed by atoms with Crippen LogP contribution in [0.2, 0.25) is 0 Å². The van der Waals surface area contributed by atoms with Gasteiger partial charge in [0.1, 0.15) is 0 Å². The van der Waals surface area contributed by atoms with Crippen molar-refractivity contribution >= 4 is 0 Å². The molecule has 0 bridgehead atoms. The third-order valence-electron chi connectivity index (χ3n) is 4.01. The highest BCUT2D eigenvalue weighted by atomic mass is 14.4. The summed E-state index contributed by atoms with van der Waals surface area (Å²) in [5.41, 5.74) is 0.627. The van der Waals surface area contributed by atoms with E-state index in [-0.39, 0.29) is 0 Å². The average Bonchev–Trinajstić information content (AvgIpc) is 2.72. The van der Waals surface area contributed by atoms with Gasteiger partial charge in [-0.3, -0.25) is 0 Å². The van der Waals surface area contributed by atoms with Crippen LogP contribution in [0.4, 0.5) is 0 Å². The van der Waals surface area contributed by atoms with E-state index in [1.54, 1.807) is 0 Å². The van der Waals surface area contributed by atoms with E-state index in [4.69, 9.17) is 0 Å². The van der Waals surface area contributed by atoms with Crippen LogP contribution >= 0.6 is 0 Å². The fourth-order valence-corrected chi connectivity index (χ4v) is 3.02. The van der Waals surface area contributed by atoms with E-state index in [0.717, 1.165) is 5.92 Å². The van der Waals surface area contributed by atoms with Gasteiger partial charge in [0.15, 0.2) is 0 Å². The predicted molar refractivity (Wildman–Crippen MR) is 57.6 cm³/mol. The van der Waals surface area contributed by atoms with Crippen LogP contribution in [0.1, 0.15) is 45.4 Å². The summed E-state index contributed by atoms with van der Waals surface area (Å²) in [7, 11) is 0. The third-order valence-corrected chi connectivity index (χ3v) is 4.01. The number of hydrogen-bond acceptors (Lipinski definition) is 0. The molecule has 1 saturated carbocycles. The molecule has 0 N–H and O–H groups in total. The topological polar surface area (TPSA) is 0 Å². The molecule has 2 rings (SSSR count). The molecule has 2 aliphatic rings. The van der Waals surface area contributed by atoms with Gasteiger partial charge in [0.05, 0.1) is 0 Å². The maximum Gasteiger partial charge on any atom is 0.000917 e. The van der Waals surface area contributed by atoms with Gasteiger partial charge in [-0.05, 0) is 24.7 Å². The molecule has 0 saturated heterocycles. The van der Waals surface area contributed by atoms with Crippen LogP contribution in [0.5, 0.6) is 0 Å². The minimum Gasteiger partial charge on any atom is -0.0771 e. The van der Waals surface area contributed by atoms with Crippen molar-refractivity contribution in [3.8, 4) is 0 Å². The quantitative estimate of drug-likeness (QED) is 0.594. The van der Waals surface area contributed by atoms with Gasteiger partial charge < -0.3 is 0 Å².